The Hall–Kier alpha value is -1.71. The number of rotatable bonds is 3. The minimum Gasteiger partial charge on any atom is -0.334 e. The van der Waals surface area contributed by atoms with Crippen LogP contribution in [0.1, 0.15) is 11.1 Å². The fourth-order valence-corrected chi connectivity index (χ4v) is 1.94. The third kappa shape index (κ3) is 4.15. The minimum atomic E-state index is -0.288. The van der Waals surface area contributed by atoms with Gasteiger partial charge in [-0.15, -0.1) is 0 Å². The minimum absolute atomic E-state index is 0.288. The molecule has 2 aromatic rings. The Bertz CT molecular complexity index is 612. The van der Waals surface area contributed by atoms with Crippen molar-refractivity contribution in [1.82, 2.24) is 5.32 Å². The maximum Gasteiger partial charge on any atom is 0.319 e. The number of amides is 2. The van der Waals surface area contributed by atoms with Crippen molar-refractivity contribution in [3.63, 3.8) is 0 Å². The fourth-order valence-electron chi connectivity index (χ4n) is 1.64. The molecule has 0 heterocycles. The summed E-state index contributed by atoms with van der Waals surface area (Å²) in [5.41, 5.74) is 2.83. The highest BCUT2D eigenvalue weighted by molar-refractivity contribution is 6.42. The van der Waals surface area contributed by atoms with Gasteiger partial charge in [-0.1, -0.05) is 53.0 Å². The number of aryl methyl sites for hydroxylation is 1. The van der Waals surface area contributed by atoms with Crippen LogP contribution in [-0.2, 0) is 6.54 Å². The molecule has 0 spiro atoms. The molecule has 0 aliphatic carbocycles. The van der Waals surface area contributed by atoms with Gasteiger partial charge in [-0.3, -0.25) is 0 Å². The predicted molar refractivity (Wildman–Crippen MR) is 83.5 cm³/mol. The number of urea groups is 1. The van der Waals surface area contributed by atoms with Crippen molar-refractivity contribution in [2.24, 2.45) is 0 Å². The lowest BCUT2D eigenvalue weighted by molar-refractivity contribution is 0.251. The SMILES string of the molecule is Cc1ccc(CNC(=O)Nc2ccc(Cl)c(Cl)c2)cc1. The van der Waals surface area contributed by atoms with E-state index in [9.17, 15) is 4.79 Å². The number of nitrogens with one attached hydrogen (secondary N) is 2. The lowest BCUT2D eigenvalue weighted by atomic mass is 10.1. The van der Waals surface area contributed by atoms with Gasteiger partial charge in [-0.2, -0.15) is 0 Å². The number of benzene rings is 2. The molecule has 0 radical (unpaired) electrons. The van der Waals surface area contributed by atoms with Gasteiger partial charge in [-0.25, -0.2) is 4.79 Å². The molecule has 2 aromatic carbocycles. The number of hydrogen-bond donors (Lipinski definition) is 2. The normalized spacial score (nSPS) is 10.2. The van der Waals surface area contributed by atoms with Crippen LogP contribution in [0, 0.1) is 6.92 Å². The second-order valence-corrected chi connectivity index (χ2v) is 5.24. The van der Waals surface area contributed by atoms with Crippen molar-refractivity contribution in [3.8, 4) is 0 Å². The van der Waals surface area contributed by atoms with Crippen LogP contribution in [0.25, 0.3) is 0 Å². The maximum atomic E-state index is 11.8. The van der Waals surface area contributed by atoms with E-state index < -0.39 is 0 Å². The van der Waals surface area contributed by atoms with Crippen molar-refractivity contribution in [1.29, 1.82) is 0 Å². The van der Waals surface area contributed by atoms with Crippen LogP contribution in [0.2, 0.25) is 10.0 Å². The average Bonchev–Trinajstić information content (AvgIpc) is 2.42. The van der Waals surface area contributed by atoms with Gasteiger partial charge in [0, 0.05) is 12.2 Å². The molecule has 2 N–H and O–H groups in total. The van der Waals surface area contributed by atoms with Crippen LogP contribution in [0.15, 0.2) is 42.5 Å². The van der Waals surface area contributed by atoms with E-state index in [0.29, 0.717) is 22.3 Å². The Morgan fingerprint density at radius 3 is 2.40 bits per heavy atom. The third-order valence-electron chi connectivity index (χ3n) is 2.75. The predicted octanol–water partition coefficient (Wildman–Crippen LogP) is 4.62. The zero-order chi connectivity index (χ0) is 14.5. The molecule has 0 aromatic heterocycles. The number of halogens is 2. The van der Waals surface area contributed by atoms with E-state index >= 15 is 0 Å². The lowest BCUT2D eigenvalue weighted by Gasteiger charge is -2.08. The van der Waals surface area contributed by atoms with Gasteiger partial charge in [0.2, 0.25) is 0 Å². The van der Waals surface area contributed by atoms with Gasteiger partial charge < -0.3 is 10.6 Å². The first-order valence-corrected chi connectivity index (χ1v) is 6.85. The largest absolute Gasteiger partial charge is 0.334 e. The summed E-state index contributed by atoms with van der Waals surface area (Å²) in [5, 5.41) is 6.33. The molecule has 0 aliphatic heterocycles. The molecular weight excluding hydrogens is 295 g/mol. The molecule has 3 nitrogen and oxygen atoms in total. The fraction of sp³-hybridized carbons (Fsp3) is 0.133. The van der Waals surface area contributed by atoms with Gasteiger partial charge in [0.25, 0.3) is 0 Å². The van der Waals surface area contributed by atoms with Gasteiger partial charge in [0.1, 0.15) is 0 Å². The molecule has 0 atom stereocenters. The number of carbonyl (C=O) groups is 1. The molecule has 0 bridgehead atoms. The smallest absolute Gasteiger partial charge is 0.319 e. The van der Waals surface area contributed by atoms with E-state index in [1.54, 1.807) is 18.2 Å². The molecule has 0 saturated carbocycles. The molecule has 0 unspecified atom stereocenters. The van der Waals surface area contributed by atoms with E-state index in [0.717, 1.165) is 5.56 Å². The highest BCUT2D eigenvalue weighted by atomic mass is 35.5. The first-order chi connectivity index (χ1) is 9.54. The van der Waals surface area contributed by atoms with Gasteiger partial charge in [0.15, 0.2) is 0 Å². The zero-order valence-electron chi connectivity index (χ0n) is 10.9. The molecule has 0 aliphatic rings. The van der Waals surface area contributed by atoms with Gasteiger partial charge in [-0.05, 0) is 30.7 Å². The first kappa shape index (κ1) is 14.7. The Morgan fingerprint density at radius 1 is 1.05 bits per heavy atom. The highest BCUT2D eigenvalue weighted by Gasteiger charge is 2.04. The highest BCUT2D eigenvalue weighted by Crippen LogP contribution is 2.24. The first-order valence-electron chi connectivity index (χ1n) is 6.10. The topological polar surface area (TPSA) is 41.1 Å². The van der Waals surface area contributed by atoms with Crippen LogP contribution in [0.5, 0.6) is 0 Å². The van der Waals surface area contributed by atoms with Crippen molar-refractivity contribution < 1.29 is 4.79 Å². The summed E-state index contributed by atoms with van der Waals surface area (Å²) in [4.78, 5) is 11.8. The molecule has 0 saturated heterocycles. The average molecular weight is 309 g/mol. The summed E-state index contributed by atoms with van der Waals surface area (Å²) in [7, 11) is 0. The lowest BCUT2D eigenvalue weighted by Crippen LogP contribution is -2.28. The Morgan fingerprint density at radius 2 is 1.75 bits per heavy atom. The van der Waals surface area contributed by atoms with Gasteiger partial charge >= 0.3 is 6.03 Å². The summed E-state index contributed by atoms with van der Waals surface area (Å²) in [6, 6.07) is 12.6. The number of carbonyl (C=O) groups excluding carboxylic acids is 1. The number of hydrogen-bond acceptors (Lipinski definition) is 1. The molecule has 5 heteroatoms. The van der Waals surface area contributed by atoms with Crippen LogP contribution in [0.3, 0.4) is 0 Å². The monoisotopic (exact) mass is 308 g/mol. The van der Waals surface area contributed by atoms with Crippen molar-refractivity contribution >= 4 is 34.9 Å². The summed E-state index contributed by atoms with van der Waals surface area (Å²) < 4.78 is 0. The molecule has 0 fully saturated rings. The summed E-state index contributed by atoms with van der Waals surface area (Å²) in [6.45, 7) is 2.49. The van der Waals surface area contributed by atoms with Crippen LogP contribution >= 0.6 is 23.2 Å². The van der Waals surface area contributed by atoms with E-state index in [2.05, 4.69) is 10.6 Å². The van der Waals surface area contributed by atoms with Crippen molar-refractivity contribution in [2.45, 2.75) is 13.5 Å². The van der Waals surface area contributed by atoms with E-state index in [-0.39, 0.29) is 6.03 Å². The van der Waals surface area contributed by atoms with Crippen LogP contribution in [-0.4, -0.2) is 6.03 Å². The third-order valence-corrected chi connectivity index (χ3v) is 3.49. The summed E-state index contributed by atoms with van der Waals surface area (Å²) in [5.74, 6) is 0. The second kappa shape index (κ2) is 6.64. The second-order valence-electron chi connectivity index (χ2n) is 4.42. The van der Waals surface area contributed by atoms with Crippen LogP contribution in [0.4, 0.5) is 10.5 Å². The number of anilines is 1. The van der Waals surface area contributed by atoms with Gasteiger partial charge in [0.05, 0.1) is 10.0 Å². The molecule has 2 rings (SSSR count). The Balaban J connectivity index is 1.89. The Labute approximate surface area is 127 Å². The molecule has 20 heavy (non-hydrogen) atoms. The van der Waals surface area contributed by atoms with Crippen molar-refractivity contribution in [3.05, 3.63) is 63.6 Å². The van der Waals surface area contributed by atoms with E-state index in [1.165, 1.54) is 5.56 Å². The van der Waals surface area contributed by atoms with Crippen LogP contribution < -0.4 is 10.6 Å². The molecule has 104 valence electrons. The Kier molecular flexibility index (Phi) is 4.88. The van der Waals surface area contributed by atoms with E-state index in [1.807, 2.05) is 31.2 Å². The van der Waals surface area contributed by atoms with Crippen molar-refractivity contribution in [2.75, 3.05) is 5.32 Å². The summed E-state index contributed by atoms with van der Waals surface area (Å²) in [6.07, 6.45) is 0. The molecule has 2 amide bonds. The quantitative estimate of drug-likeness (QED) is 0.853. The zero-order valence-corrected chi connectivity index (χ0v) is 12.4. The molecular formula is C15H14Cl2N2O. The summed E-state index contributed by atoms with van der Waals surface area (Å²) >= 11 is 11.7. The maximum absolute atomic E-state index is 11.8. The standard InChI is InChI=1S/C15H14Cl2N2O/c1-10-2-4-11(5-3-10)9-18-15(20)19-12-6-7-13(16)14(17)8-12/h2-8H,9H2,1H3,(H2,18,19,20). The van der Waals surface area contributed by atoms with E-state index in [4.69, 9.17) is 23.2 Å².